The zero-order valence-electron chi connectivity index (χ0n) is 8.91. The number of hydrogen-bond acceptors (Lipinski definition) is 2. The zero-order valence-corrected chi connectivity index (χ0v) is 8.91. The monoisotopic (exact) mass is 226 g/mol. The van der Waals surface area contributed by atoms with Crippen molar-refractivity contribution in [2.45, 2.75) is 0 Å². The number of rotatable bonds is 2. The summed E-state index contributed by atoms with van der Waals surface area (Å²) in [5.74, 6) is -0.00770. The maximum absolute atomic E-state index is 8.48. The quantitative estimate of drug-likeness (QED) is 0.269. The lowest BCUT2D eigenvalue weighted by Gasteiger charge is -2.04. The Kier molecular flexibility index (Phi) is 2.81. The van der Waals surface area contributed by atoms with Crippen molar-refractivity contribution >= 4 is 28.1 Å². The van der Waals surface area contributed by atoms with Gasteiger partial charge in [-0.2, -0.15) is 0 Å². The normalized spacial score (nSPS) is 9.65. The molecule has 17 heavy (non-hydrogen) atoms. The Labute approximate surface area is 97.2 Å². The molecule has 0 aliphatic rings. The highest BCUT2D eigenvalue weighted by Crippen LogP contribution is 2.33. The van der Waals surface area contributed by atoms with Crippen LogP contribution in [0.3, 0.4) is 0 Å². The van der Waals surface area contributed by atoms with E-state index in [1.54, 1.807) is 12.1 Å². The molecular formula is C11H10N6. The van der Waals surface area contributed by atoms with E-state index in [9.17, 15) is 0 Å². The van der Waals surface area contributed by atoms with Crippen LogP contribution in [0.5, 0.6) is 0 Å². The van der Waals surface area contributed by atoms with Crippen LogP contribution < -0.4 is 11.5 Å². The van der Waals surface area contributed by atoms with Crippen molar-refractivity contribution in [3.8, 4) is 0 Å². The lowest BCUT2D eigenvalue weighted by molar-refractivity contribution is 1.43. The van der Waals surface area contributed by atoms with Gasteiger partial charge in [-0.1, -0.05) is 29.4 Å². The van der Waals surface area contributed by atoms with E-state index in [1.807, 2.05) is 24.3 Å². The number of fused-ring (bicyclic) bond motifs is 1. The molecule has 2 aromatic rings. The summed E-state index contributed by atoms with van der Waals surface area (Å²) in [7, 11) is 0. The summed E-state index contributed by atoms with van der Waals surface area (Å²) in [5.41, 5.74) is 20.4. The average molecular weight is 226 g/mol. The Morgan fingerprint density at radius 2 is 1.59 bits per heavy atom. The molecule has 0 saturated heterocycles. The Morgan fingerprint density at radius 1 is 1.00 bits per heavy atom. The summed E-state index contributed by atoms with van der Waals surface area (Å²) in [4.78, 5) is 6.81. The molecule has 0 atom stereocenters. The Hall–Kier alpha value is -2.72. The van der Waals surface area contributed by atoms with Crippen LogP contribution in [-0.2, 0) is 0 Å². The molecule has 0 aromatic heterocycles. The molecule has 0 heterocycles. The van der Waals surface area contributed by atoms with Crippen LogP contribution in [0.2, 0.25) is 0 Å². The van der Waals surface area contributed by atoms with E-state index in [2.05, 4.69) is 15.0 Å². The third-order valence-corrected chi connectivity index (χ3v) is 2.28. The highest BCUT2D eigenvalue weighted by Gasteiger charge is 2.03. The molecule has 0 bridgehead atoms. The van der Waals surface area contributed by atoms with Gasteiger partial charge in [0.2, 0.25) is 0 Å². The van der Waals surface area contributed by atoms with Gasteiger partial charge in [0, 0.05) is 16.0 Å². The van der Waals surface area contributed by atoms with Gasteiger partial charge in [0.05, 0.1) is 5.69 Å². The predicted molar refractivity (Wildman–Crippen MR) is 68.2 cm³/mol. The Morgan fingerprint density at radius 3 is 2.18 bits per heavy atom. The minimum atomic E-state index is -0.00770. The average Bonchev–Trinajstić information content (AvgIpc) is 2.32. The van der Waals surface area contributed by atoms with Gasteiger partial charge >= 0.3 is 0 Å². The van der Waals surface area contributed by atoms with E-state index in [0.29, 0.717) is 11.4 Å². The molecule has 0 unspecified atom stereocenters. The van der Waals surface area contributed by atoms with Crippen LogP contribution in [0, 0.1) is 0 Å². The van der Waals surface area contributed by atoms with Crippen LogP contribution in [-0.4, -0.2) is 5.96 Å². The Balaban J connectivity index is 2.79. The molecule has 2 rings (SSSR count). The van der Waals surface area contributed by atoms with E-state index < -0.39 is 0 Å². The van der Waals surface area contributed by atoms with Gasteiger partial charge in [0.25, 0.3) is 0 Å². The molecule has 0 aliphatic heterocycles. The first-order valence-electron chi connectivity index (χ1n) is 4.89. The van der Waals surface area contributed by atoms with Crippen molar-refractivity contribution < 1.29 is 0 Å². The van der Waals surface area contributed by atoms with E-state index in [0.717, 1.165) is 10.8 Å². The van der Waals surface area contributed by atoms with Crippen LogP contribution >= 0.6 is 0 Å². The van der Waals surface area contributed by atoms with Gasteiger partial charge in [0.1, 0.15) is 0 Å². The topological polar surface area (TPSA) is 113 Å². The molecule has 6 heteroatoms. The van der Waals surface area contributed by atoms with Gasteiger partial charge in [-0.3, -0.25) is 0 Å². The first-order valence-corrected chi connectivity index (χ1v) is 4.89. The van der Waals surface area contributed by atoms with Crippen LogP contribution in [0.15, 0.2) is 46.5 Å². The van der Waals surface area contributed by atoms with Gasteiger partial charge in [-0.25, -0.2) is 4.99 Å². The molecule has 0 radical (unpaired) electrons. The molecule has 0 aliphatic carbocycles. The lowest BCUT2D eigenvalue weighted by Crippen LogP contribution is -2.21. The molecule has 6 nitrogen and oxygen atoms in total. The SMILES string of the molecule is [N-]=[N+]=Nc1ccc(N=C(N)N)c2ccccc12. The van der Waals surface area contributed by atoms with Crippen molar-refractivity contribution in [1.82, 2.24) is 0 Å². The zero-order chi connectivity index (χ0) is 12.3. The minimum Gasteiger partial charge on any atom is -0.370 e. The highest BCUT2D eigenvalue weighted by atomic mass is 15.1. The fourth-order valence-corrected chi connectivity index (χ4v) is 1.64. The summed E-state index contributed by atoms with van der Waals surface area (Å²) < 4.78 is 0. The fourth-order valence-electron chi connectivity index (χ4n) is 1.64. The molecular weight excluding hydrogens is 216 g/mol. The van der Waals surface area contributed by atoms with Gasteiger partial charge in [-0.05, 0) is 23.1 Å². The number of nitrogens with zero attached hydrogens (tertiary/aromatic N) is 4. The number of nitrogens with two attached hydrogens (primary N) is 2. The second-order valence-electron chi connectivity index (χ2n) is 3.38. The molecule has 0 amide bonds. The molecule has 0 spiro atoms. The van der Waals surface area contributed by atoms with Crippen LogP contribution in [0.4, 0.5) is 11.4 Å². The van der Waals surface area contributed by atoms with E-state index in [1.165, 1.54) is 0 Å². The van der Waals surface area contributed by atoms with Crippen molar-refractivity contribution in [1.29, 1.82) is 0 Å². The summed E-state index contributed by atoms with van der Waals surface area (Å²) in [5, 5.41) is 5.28. The number of hydrogen-bond donors (Lipinski definition) is 2. The third-order valence-electron chi connectivity index (χ3n) is 2.28. The van der Waals surface area contributed by atoms with E-state index >= 15 is 0 Å². The second-order valence-corrected chi connectivity index (χ2v) is 3.38. The minimum absolute atomic E-state index is 0.00770. The molecule has 4 N–H and O–H groups in total. The number of aliphatic imine (C=N–C) groups is 1. The number of benzene rings is 2. The predicted octanol–water partition coefficient (Wildman–Crippen LogP) is 2.69. The van der Waals surface area contributed by atoms with Crippen molar-refractivity contribution in [3.05, 3.63) is 46.8 Å². The second kappa shape index (κ2) is 4.42. The molecule has 84 valence electrons. The number of guanidine groups is 1. The van der Waals surface area contributed by atoms with E-state index in [-0.39, 0.29) is 5.96 Å². The summed E-state index contributed by atoms with van der Waals surface area (Å²) in [6, 6.07) is 10.8. The fraction of sp³-hybridized carbons (Fsp3) is 0. The smallest absolute Gasteiger partial charge is 0.191 e. The Bertz CT molecular complexity index is 635. The van der Waals surface area contributed by atoms with E-state index in [4.69, 9.17) is 17.0 Å². The maximum atomic E-state index is 8.48. The summed E-state index contributed by atoms with van der Waals surface area (Å²) >= 11 is 0. The lowest BCUT2D eigenvalue weighted by atomic mass is 10.1. The van der Waals surface area contributed by atoms with Gasteiger partial charge in [0.15, 0.2) is 5.96 Å². The highest BCUT2D eigenvalue weighted by molar-refractivity contribution is 6.01. The molecule has 2 aromatic carbocycles. The standard InChI is InChI=1S/C11H10N6/c12-11(13)15-9-5-6-10(16-17-14)8-4-2-1-3-7(8)9/h1-6H,(H4,12,13,15). The molecule has 0 saturated carbocycles. The number of azide groups is 1. The molecule has 0 fully saturated rings. The van der Waals surface area contributed by atoms with Gasteiger partial charge < -0.3 is 11.5 Å². The summed E-state index contributed by atoms with van der Waals surface area (Å²) in [6.07, 6.45) is 0. The summed E-state index contributed by atoms with van der Waals surface area (Å²) in [6.45, 7) is 0. The maximum Gasteiger partial charge on any atom is 0.191 e. The van der Waals surface area contributed by atoms with Gasteiger partial charge in [-0.15, -0.1) is 0 Å². The first kappa shape index (κ1) is 10.8. The van der Waals surface area contributed by atoms with Crippen LogP contribution in [0.25, 0.3) is 21.2 Å². The largest absolute Gasteiger partial charge is 0.370 e. The first-order chi connectivity index (χ1) is 8.22. The van der Waals surface area contributed by atoms with Crippen molar-refractivity contribution in [2.24, 2.45) is 21.6 Å². The van der Waals surface area contributed by atoms with Crippen molar-refractivity contribution in [2.75, 3.05) is 0 Å². The van der Waals surface area contributed by atoms with Crippen molar-refractivity contribution in [3.63, 3.8) is 0 Å². The van der Waals surface area contributed by atoms with Crippen LogP contribution in [0.1, 0.15) is 0 Å². The third kappa shape index (κ3) is 2.11.